The van der Waals surface area contributed by atoms with Crippen LogP contribution in [0.5, 0.6) is 0 Å². The van der Waals surface area contributed by atoms with Gasteiger partial charge < -0.3 is 14.5 Å². The van der Waals surface area contributed by atoms with Crippen LogP contribution in [-0.4, -0.2) is 19.1 Å². The zero-order chi connectivity index (χ0) is 15.4. The van der Waals surface area contributed by atoms with Gasteiger partial charge in [0.15, 0.2) is 0 Å². The second kappa shape index (κ2) is 6.26. The molecule has 0 unspecified atom stereocenters. The lowest BCUT2D eigenvalue weighted by atomic mass is 10.1. The molecule has 2 rings (SSSR count). The van der Waals surface area contributed by atoms with E-state index >= 15 is 0 Å². The van der Waals surface area contributed by atoms with Gasteiger partial charge in [-0.1, -0.05) is 6.58 Å². The number of carbonyl (C=O) groups is 1. The molecular weight excluding hydrogens is 270 g/mol. The molecule has 0 bridgehead atoms. The van der Waals surface area contributed by atoms with Gasteiger partial charge in [-0.3, -0.25) is 0 Å². The fourth-order valence-electron chi connectivity index (χ4n) is 1.90. The minimum absolute atomic E-state index is 0.238. The van der Waals surface area contributed by atoms with Gasteiger partial charge in [0.1, 0.15) is 12.2 Å². The Bertz CT molecular complexity index is 746. The lowest BCUT2D eigenvalue weighted by Gasteiger charge is -2.08. The van der Waals surface area contributed by atoms with Crippen LogP contribution < -0.4 is 10.9 Å². The average Bonchev–Trinajstić information content (AvgIpc) is 2.42. The normalized spacial score (nSPS) is 10.4. The Balaban J connectivity index is 2.02. The van der Waals surface area contributed by atoms with E-state index in [1.54, 1.807) is 13.0 Å². The van der Waals surface area contributed by atoms with Gasteiger partial charge in [-0.25, -0.2) is 9.59 Å². The molecule has 1 N–H and O–H groups in total. The molecule has 0 amide bonds. The summed E-state index contributed by atoms with van der Waals surface area (Å²) in [5.41, 5.74) is 2.21. The molecule has 1 heterocycles. The van der Waals surface area contributed by atoms with Crippen LogP contribution in [0, 0.1) is 6.92 Å². The Morgan fingerprint density at radius 1 is 1.38 bits per heavy atom. The van der Waals surface area contributed by atoms with Crippen molar-refractivity contribution < 1.29 is 13.9 Å². The van der Waals surface area contributed by atoms with Crippen LogP contribution in [0.2, 0.25) is 0 Å². The van der Waals surface area contributed by atoms with Crippen LogP contribution >= 0.6 is 0 Å². The number of carbonyl (C=O) groups excluding carboxylic acids is 1. The number of aryl methyl sites for hydroxylation is 1. The highest BCUT2D eigenvalue weighted by Gasteiger charge is 2.04. The van der Waals surface area contributed by atoms with E-state index in [-0.39, 0.29) is 12.2 Å². The molecule has 2 aromatic rings. The van der Waals surface area contributed by atoms with Crippen molar-refractivity contribution in [2.24, 2.45) is 0 Å². The molecule has 5 nitrogen and oxygen atoms in total. The number of fused-ring (bicyclic) bond motifs is 1. The second-order valence-electron chi connectivity index (χ2n) is 4.80. The van der Waals surface area contributed by atoms with Crippen LogP contribution in [0.15, 0.2) is 45.6 Å². The lowest BCUT2D eigenvalue weighted by Crippen LogP contribution is -2.14. The molecule has 0 atom stereocenters. The third kappa shape index (κ3) is 3.72. The quantitative estimate of drug-likeness (QED) is 0.396. The molecule has 0 aliphatic heterocycles. The summed E-state index contributed by atoms with van der Waals surface area (Å²) < 4.78 is 10.1. The van der Waals surface area contributed by atoms with Crippen molar-refractivity contribution in [3.63, 3.8) is 0 Å². The van der Waals surface area contributed by atoms with Crippen LogP contribution in [-0.2, 0) is 9.53 Å². The zero-order valence-electron chi connectivity index (χ0n) is 12.1. The Kier molecular flexibility index (Phi) is 4.42. The van der Waals surface area contributed by atoms with Gasteiger partial charge in [0.25, 0.3) is 0 Å². The van der Waals surface area contributed by atoms with Crippen molar-refractivity contribution in [1.82, 2.24) is 0 Å². The van der Waals surface area contributed by atoms with Gasteiger partial charge in [-0.2, -0.15) is 0 Å². The SMILES string of the molecule is C=C(C)C(=O)OCCNc1ccc2c(C)cc(=O)oc2c1. The molecule has 1 aromatic heterocycles. The topological polar surface area (TPSA) is 68.5 Å². The van der Waals surface area contributed by atoms with Crippen molar-refractivity contribution in [2.45, 2.75) is 13.8 Å². The molecule has 0 radical (unpaired) electrons. The standard InChI is InChI=1S/C16H17NO4/c1-10(2)16(19)20-7-6-17-12-4-5-13-11(3)8-15(18)21-14(13)9-12/h4-5,8-9,17H,1,6-7H2,2-3H3. The van der Waals surface area contributed by atoms with Gasteiger partial charge in [0, 0.05) is 35.3 Å². The van der Waals surface area contributed by atoms with E-state index in [1.807, 2.05) is 19.1 Å². The fraction of sp³-hybridized carbons (Fsp3) is 0.250. The number of anilines is 1. The summed E-state index contributed by atoms with van der Waals surface area (Å²) in [5.74, 6) is -0.406. The predicted octanol–water partition coefficient (Wildman–Crippen LogP) is 2.63. The van der Waals surface area contributed by atoms with Crippen LogP contribution in [0.25, 0.3) is 11.0 Å². The van der Waals surface area contributed by atoms with E-state index in [1.165, 1.54) is 6.07 Å². The number of nitrogens with one attached hydrogen (secondary N) is 1. The van der Waals surface area contributed by atoms with Gasteiger partial charge >= 0.3 is 11.6 Å². The third-order valence-corrected chi connectivity index (χ3v) is 2.96. The average molecular weight is 287 g/mol. The molecule has 0 spiro atoms. The van der Waals surface area contributed by atoms with Gasteiger partial charge in [0.05, 0.1) is 0 Å². The first-order valence-corrected chi connectivity index (χ1v) is 6.58. The van der Waals surface area contributed by atoms with E-state index in [4.69, 9.17) is 9.15 Å². The zero-order valence-corrected chi connectivity index (χ0v) is 12.1. The number of hydrogen-bond donors (Lipinski definition) is 1. The van der Waals surface area contributed by atoms with Crippen molar-refractivity contribution in [3.8, 4) is 0 Å². The van der Waals surface area contributed by atoms with Gasteiger partial charge in [-0.05, 0) is 31.5 Å². The van der Waals surface area contributed by atoms with Crippen molar-refractivity contribution in [1.29, 1.82) is 0 Å². The number of benzene rings is 1. The first kappa shape index (κ1) is 14.8. The number of esters is 1. The fourth-order valence-corrected chi connectivity index (χ4v) is 1.90. The minimum atomic E-state index is -0.406. The summed E-state index contributed by atoms with van der Waals surface area (Å²) in [6.07, 6.45) is 0. The minimum Gasteiger partial charge on any atom is -0.460 e. The van der Waals surface area contributed by atoms with Crippen molar-refractivity contribution in [2.75, 3.05) is 18.5 Å². The first-order valence-electron chi connectivity index (χ1n) is 6.58. The van der Waals surface area contributed by atoms with E-state index < -0.39 is 5.97 Å². The van der Waals surface area contributed by atoms with E-state index in [9.17, 15) is 9.59 Å². The highest BCUT2D eigenvalue weighted by atomic mass is 16.5. The maximum absolute atomic E-state index is 11.4. The van der Waals surface area contributed by atoms with Crippen molar-refractivity contribution >= 4 is 22.6 Å². The molecule has 0 saturated heterocycles. The summed E-state index contributed by atoms with van der Waals surface area (Å²) in [7, 11) is 0. The molecule has 21 heavy (non-hydrogen) atoms. The van der Waals surface area contributed by atoms with Crippen LogP contribution in [0.3, 0.4) is 0 Å². The molecule has 0 fully saturated rings. The molecule has 110 valence electrons. The highest BCUT2D eigenvalue weighted by Crippen LogP contribution is 2.20. The molecular formula is C16H17NO4. The van der Waals surface area contributed by atoms with Crippen LogP contribution in [0.4, 0.5) is 5.69 Å². The first-order chi connectivity index (χ1) is 9.97. The van der Waals surface area contributed by atoms with E-state index in [0.717, 1.165) is 16.6 Å². The number of hydrogen-bond acceptors (Lipinski definition) is 5. The van der Waals surface area contributed by atoms with Crippen molar-refractivity contribution in [3.05, 3.63) is 52.4 Å². The maximum Gasteiger partial charge on any atom is 0.336 e. The maximum atomic E-state index is 11.4. The number of rotatable bonds is 5. The Hall–Kier alpha value is -2.56. The molecule has 0 aliphatic carbocycles. The molecule has 5 heteroatoms. The van der Waals surface area contributed by atoms with Gasteiger partial charge in [-0.15, -0.1) is 0 Å². The monoisotopic (exact) mass is 287 g/mol. The smallest absolute Gasteiger partial charge is 0.336 e. The Labute approximate surface area is 122 Å². The molecule has 1 aromatic carbocycles. The second-order valence-corrected chi connectivity index (χ2v) is 4.80. The molecule has 0 aliphatic rings. The summed E-state index contributed by atoms with van der Waals surface area (Å²) >= 11 is 0. The predicted molar refractivity (Wildman–Crippen MR) is 81.5 cm³/mol. The Morgan fingerprint density at radius 3 is 2.86 bits per heavy atom. The molecule has 0 saturated carbocycles. The summed E-state index contributed by atoms with van der Waals surface area (Å²) in [6.45, 7) is 7.67. The summed E-state index contributed by atoms with van der Waals surface area (Å²) in [6, 6.07) is 6.99. The summed E-state index contributed by atoms with van der Waals surface area (Å²) in [4.78, 5) is 22.6. The largest absolute Gasteiger partial charge is 0.460 e. The van der Waals surface area contributed by atoms with Crippen LogP contribution in [0.1, 0.15) is 12.5 Å². The number of ether oxygens (including phenoxy) is 1. The lowest BCUT2D eigenvalue weighted by molar-refractivity contribution is -0.138. The van der Waals surface area contributed by atoms with Gasteiger partial charge in [0.2, 0.25) is 0 Å². The highest BCUT2D eigenvalue weighted by molar-refractivity contribution is 5.87. The summed E-state index contributed by atoms with van der Waals surface area (Å²) in [5, 5.41) is 4.00. The third-order valence-electron chi connectivity index (χ3n) is 2.96. The Morgan fingerprint density at radius 2 is 2.14 bits per heavy atom. The van der Waals surface area contributed by atoms with E-state index in [0.29, 0.717) is 17.7 Å². The van der Waals surface area contributed by atoms with E-state index in [2.05, 4.69) is 11.9 Å².